The fraction of sp³-hybridized carbons (Fsp3) is 0.115. The van der Waals surface area contributed by atoms with Crippen molar-refractivity contribution >= 4 is 63.2 Å². The van der Waals surface area contributed by atoms with E-state index in [9.17, 15) is 14.4 Å². The number of methoxy groups -OCH3 is 1. The van der Waals surface area contributed by atoms with Crippen molar-refractivity contribution in [1.82, 2.24) is 4.68 Å². The minimum atomic E-state index is -1.00. The summed E-state index contributed by atoms with van der Waals surface area (Å²) in [4.78, 5) is 38.8. The van der Waals surface area contributed by atoms with Crippen LogP contribution in [-0.4, -0.2) is 36.1 Å². The Morgan fingerprint density at radius 1 is 0.865 bits per heavy atom. The molecule has 9 nitrogen and oxygen atoms in total. The molecule has 0 atom stereocenters. The van der Waals surface area contributed by atoms with E-state index in [4.69, 9.17) is 32.7 Å². The lowest BCUT2D eigenvalue weighted by Crippen LogP contribution is -2.36. The lowest BCUT2D eigenvalue weighted by molar-refractivity contribution is -0.133. The van der Waals surface area contributed by atoms with Crippen LogP contribution in [0.1, 0.15) is 17.4 Å². The Bertz CT molecular complexity index is 1460. The Hall–Kier alpha value is -4.21. The van der Waals surface area contributed by atoms with Gasteiger partial charge in [-0.3, -0.25) is 19.8 Å². The second kappa shape index (κ2) is 11.2. The summed E-state index contributed by atoms with van der Waals surface area (Å²) in [6, 6.07) is 17.9. The molecule has 3 N–H and O–H groups in total. The van der Waals surface area contributed by atoms with Gasteiger partial charge in [0.15, 0.2) is 0 Å². The number of ether oxygens (including phenoxy) is 2. The van der Waals surface area contributed by atoms with E-state index in [1.165, 1.54) is 30.0 Å². The number of halogens is 2. The summed E-state index contributed by atoms with van der Waals surface area (Å²) in [6.45, 7) is 2.36. The zero-order chi connectivity index (χ0) is 26.5. The molecule has 0 radical (unpaired) electrons. The van der Waals surface area contributed by atoms with E-state index in [-0.39, 0.29) is 5.69 Å². The van der Waals surface area contributed by atoms with Crippen LogP contribution in [0.2, 0.25) is 10.0 Å². The van der Waals surface area contributed by atoms with Crippen molar-refractivity contribution in [2.24, 2.45) is 0 Å². The summed E-state index contributed by atoms with van der Waals surface area (Å²) in [7, 11) is 1.46. The highest BCUT2D eigenvalue weighted by Gasteiger charge is 2.23. The van der Waals surface area contributed by atoms with Gasteiger partial charge in [0.05, 0.1) is 13.7 Å². The van der Waals surface area contributed by atoms with E-state index in [2.05, 4.69) is 16.1 Å². The summed E-state index contributed by atoms with van der Waals surface area (Å²) < 4.78 is 12.0. The van der Waals surface area contributed by atoms with Crippen LogP contribution in [0.3, 0.4) is 0 Å². The van der Waals surface area contributed by atoms with Gasteiger partial charge in [-0.1, -0.05) is 35.3 Å². The number of hydrogen-bond donors (Lipinski definition) is 3. The molecule has 1 heterocycles. The van der Waals surface area contributed by atoms with E-state index in [1.807, 2.05) is 6.92 Å². The number of aromatic nitrogens is 1. The molecule has 0 spiro atoms. The quantitative estimate of drug-likeness (QED) is 0.275. The Kier molecular flexibility index (Phi) is 7.86. The monoisotopic (exact) mass is 540 g/mol. The van der Waals surface area contributed by atoms with Crippen molar-refractivity contribution in [3.05, 3.63) is 82.5 Å². The number of rotatable bonds is 7. The number of benzene rings is 3. The molecule has 0 aliphatic carbocycles. The van der Waals surface area contributed by atoms with Crippen molar-refractivity contribution in [2.75, 3.05) is 29.8 Å². The molecular formula is C26H22Cl2N4O5. The van der Waals surface area contributed by atoms with E-state index in [1.54, 1.807) is 48.5 Å². The number of carbonyl (C=O) groups excluding carboxylic acids is 3. The average Bonchev–Trinajstić information content (AvgIpc) is 3.23. The zero-order valence-corrected chi connectivity index (χ0v) is 21.3. The molecule has 11 heteroatoms. The van der Waals surface area contributed by atoms with Gasteiger partial charge in [-0.15, -0.1) is 0 Å². The predicted molar refractivity (Wildman–Crippen MR) is 144 cm³/mol. The van der Waals surface area contributed by atoms with Gasteiger partial charge in [-0.25, -0.2) is 4.68 Å². The number of fused-ring (bicyclic) bond motifs is 1. The summed E-state index contributed by atoms with van der Waals surface area (Å²) in [6.07, 6.45) is 0. The Labute approximate surface area is 222 Å². The van der Waals surface area contributed by atoms with Crippen molar-refractivity contribution in [3.63, 3.8) is 0 Å². The maximum atomic E-state index is 13.2. The van der Waals surface area contributed by atoms with Crippen LogP contribution in [-0.2, 0) is 9.59 Å². The Morgan fingerprint density at radius 3 is 2.22 bits per heavy atom. The fourth-order valence-corrected chi connectivity index (χ4v) is 4.16. The van der Waals surface area contributed by atoms with Gasteiger partial charge in [-0.05, 0) is 61.5 Å². The minimum Gasteiger partial charge on any atom is -0.494 e. The average molecular weight is 541 g/mol. The van der Waals surface area contributed by atoms with E-state index >= 15 is 0 Å². The number of hydrogen-bond acceptors (Lipinski definition) is 5. The normalized spacial score (nSPS) is 10.6. The topological polar surface area (TPSA) is 111 Å². The van der Waals surface area contributed by atoms with Crippen molar-refractivity contribution in [1.29, 1.82) is 0 Å². The first-order chi connectivity index (χ1) is 17.8. The predicted octanol–water partition coefficient (Wildman–Crippen LogP) is 5.32. The molecule has 190 valence electrons. The molecule has 1 aromatic heterocycles. The SMILES string of the molecule is CCOc1ccc(NC(=O)C(=O)Nn2c(C(=O)Nc3cc(Cl)cc(Cl)c3)cc3cccc(OC)c32)cc1. The highest BCUT2D eigenvalue weighted by molar-refractivity contribution is 6.42. The zero-order valence-electron chi connectivity index (χ0n) is 19.8. The molecule has 0 fully saturated rings. The third-order valence-electron chi connectivity index (χ3n) is 5.20. The molecule has 0 saturated heterocycles. The first kappa shape index (κ1) is 25.9. The van der Waals surface area contributed by atoms with Crippen LogP contribution in [0.5, 0.6) is 11.5 Å². The van der Waals surface area contributed by atoms with Crippen LogP contribution in [0.25, 0.3) is 10.9 Å². The van der Waals surface area contributed by atoms with Gasteiger partial charge in [0.2, 0.25) is 0 Å². The first-order valence-corrected chi connectivity index (χ1v) is 11.9. The van der Waals surface area contributed by atoms with E-state index < -0.39 is 17.7 Å². The lowest BCUT2D eigenvalue weighted by Gasteiger charge is -2.14. The Balaban J connectivity index is 1.62. The standard InChI is InChI=1S/C26H22Cl2N4O5/c1-3-37-20-9-7-18(8-10-20)29-25(34)26(35)31-32-21(11-15-5-4-6-22(36-2)23(15)32)24(33)30-19-13-16(27)12-17(28)14-19/h4-14H,3H2,1-2H3,(H,29,34)(H,30,33)(H,31,35). The van der Waals surface area contributed by atoms with Crippen LogP contribution >= 0.6 is 23.2 Å². The van der Waals surface area contributed by atoms with E-state index in [0.29, 0.717) is 50.4 Å². The number of nitrogens with zero attached hydrogens (tertiary/aromatic N) is 1. The highest BCUT2D eigenvalue weighted by Crippen LogP contribution is 2.29. The maximum absolute atomic E-state index is 13.2. The van der Waals surface area contributed by atoms with Crippen LogP contribution in [0.4, 0.5) is 11.4 Å². The molecule has 0 aliphatic heterocycles. The fourth-order valence-electron chi connectivity index (χ4n) is 3.64. The largest absolute Gasteiger partial charge is 0.494 e. The van der Waals surface area contributed by atoms with Gasteiger partial charge in [0.1, 0.15) is 22.7 Å². The molecule has 4 aromatic rings. The molecule has 0 bridgehead atoms. The minimum absolute atomic E-state index is 0.0396. The van der Waals surface area contributed by atoms with Gasteiger partial charge in [-0.2, -0.15) is 0 Å². The van der Waals surface area contributed by atoms with Crippen LogP contribution < -0.4 is 25.5 Å². The molecule has 4 rings (SSSR count). The van der Waals surface area contributed by atoms with Gasteiger partial charge in [0.25, 0.3) is 5.91 Å². The van der Waals surface area contributed by atoms with Gasteiger partial charge < -0.3 is 20.1 Å². The van der Waals surface area contributed by atoms with Crippen LogP contribution in [0.15, 0.2) is 66.7 Å². The summed E-state index contributed by atoms with van der Waals surface area (Å²) in [5, 5.41) is 6.50. The summed E-state index contributed by atoms with van der Waals surface area (Å²) >= 11 is 12.1. The molecule has 0 unspecified atom stereocenters. The highest BCUT2D eigenvalue weighted by atomic mass is 35.5. The smallest absolute Gasteiger partial charge is 0.328 e. The molecule has 0 aliphatic rings. The molecule has 3 amide bonds. The maximum Gasteiger partial charge on any atom is 0.328 e. The number of anilines is 2. The lowest BCUT2D eigenvalue weighted by atomic mass is 10.2. The summed E-state index contributed by atoms with van der Waals surface area (Å²) in [5.41, 5.74) is 3.68. The van der Waals surface area contributed by atoms with Gasteiger partial charge in [0, 0.05) is 26.8 Å². The van der Waals surface area contributed by atoms with Crippen molar-refractivity contribution < 1.29 is 23.9 Å². The molecule has 37 heavy (non-hydrogen) atoms. The van der Waals surface area contributed by atoms with Crippen molar-refractivity contribution in [2.45, 2.75) is 6.92 Å². The van der Waals surface area contributed by atoms with E-state index in [0.717, 1.165) is 0 Å². The third-order valence-corrected chi connectivity index (χ3v) is 5.64. The number of carbonyl (C=O) groups is 3. The van der Waals surface area contributed by atoms with Gasteiger partial charge >= 0.3 is 11.8 Å². The Morgan fingerprint density at radius 2 is 1.57 bits per heavy atom. The number of amides is 3. The second-order valence-electron chi connectivity index (χ2n) is 7.73. The number of para-hydroxylation sites is 1. The third kappa shape index (κ3) is 5.96. The van der Waals surface area contributed by atoms with Crippen LogP contribution in [0, 0.1) is 0 Å². The molecular weight excluding hydrogens is 519 g/mol. The molecule has 0 saturated carbocycles. The number of nitrogens with one attached hydrogen (secondary N) is 3. The second-order valence-corrected chi connectivity index (χ2v) is 8.60. The van der Waals surface area contributed by atoms with Crippen molar-refractivity contribution in [3.8, 4) is 11.5 Å². The molecule has 3 aromatic carbocycles. The first-order valence-electron chi connectivity index (χ1n) is 11.1. The summed E-state index contributed by atoms with van der Waals surface area (Å²) in [5.74, 6) is -1.50.